The van der Waals surface area contributed by atoms with Crippen LogP contribution in [0.5, 0.6) is 0 Å². The van der Waals surface area contributed by atoms with Crippen molar-refractivity contribution < 1.29 is 19.1 Å². The van der Waals surface area contributed by atoms with Crippen molar-refractivity contribution in [3.63, 3.8) is 0 Å². The maximum absolute atomic E-state index is 12.8. The van der Waals surface area contributed by atoms with E-state index in [1.165, 1.54) is 0 Å². The predicted octanol–water partition coefficient (Wildman–Crippen LogP) is 4.55. The number of likely N-dealkylation sites (tertiary alicyclic amines) is 1. The molecule has 2 amide bonds. The van der Waals surface area contributed by atoms with Crippen molar-refractivity contribution >= 4 is 37.1 Å². The second-order valence-corrected chi connectivity index (χ2v) is 17.7. The number of amides is 2. The lowest BCUT2D eigenvalue weighted by molar-refractivity contribution is 0.0164. The van der Waals surface area contributed by atoms with E-state index in [4.69, 9.17) is 14.5 Å². The molecule has 0 bridgehead atoms. The second-order valence-electron chi connectivity index (χ2n) is 12.1. The van der Waals surface area contributed by atoms with E-state index in [0.29, 0.717) is 55.5 Å². The summed E-state index contributed by atoms with van der Waals surface area (Å²) in [5.74, 6) is 0.614. The Morgan fingerprint density at radius 3 is 2.59 bits per heavy atom. The number of piperidine rings is 1. The molecule has 0 aromatic carbocycles. The van der Waals surface area contributed by atoms with Gasteiger partial charge >= 0.3 is 6.09 Å². The van der Waals surface area contributed by atoms with Crippen LogP contribution in [0.15, 0.2) is 12.4 Å². The number of carbonyl (C=O) groups is 2. The topological polar surface area (TPSA) is 111 Å². The van der Waals surface area contributed by atoms with Gasteiger partial charge in [-0.2, -0.15) is 0 Å². The van der Waals surface area contributed by atoms with Gasteiger partial charge in [0.05, 0.1) is 11.8 Å². The molecular formula is C26H44N6O4Si. The van der Waals surface area contributed by atoms with E-state index in [9.17, 15) is 9.59 Å². The van der Waals surface area contributed by atoms with Crippen molar-refractivity contribution in [2.45, 2.75) is 85.1 Å². The normalized spacial score (nSPS) is 18.6. The number of ether oxygens (including phenoxy) is 2. The summed E-state index contributed by atoms with van der Waals surface area (Å²) in [6.07, 6.45) is 3.96. The van der Waals surface area contributed by atoms with Crippen molar-refractivity contribution in [2.75, 3.05) is 31.6 Å². The highest BCUT2D eigenvalue weighted by molar-refractivity contribution is 6.76. The summed E-state index contributed by atoms with van der Waals surface area (Å²) in [7, 11) is -1.19. The van der Waals surface area contributed by atoms with Gasteiger partial charge < -0.3 is 29.6 Å². The summed E-state index contributed by atoms with van der Waals surface area (Å²) < 4.78 is 13.3. The number of carbonyl (C=O) groups excluding carboxylic acids is 2. The fourth-order valence-electron chi connectivity index (χ4n) is 4.23. The zero-order valence-corrected chi connectivity index (χ0v) is 24.7. The molecule has 1 aliphatic rings. The minimum absolute atomic E-state index is 0.116. The van der Waals surface area contributed by atoms with Gasteiger partial charge in [0.2, 0.25) is 0 Å². The van der Waals surface area contributed by atoms with Gasteiger partial charge in [-0.25, -0.2) is 14.8 Å². The molecule has 1 aliphatic heterocycles. The Morgan fingerprint density at radius 2 is 1.97 bits per heavy atom. The number of fused-ring (bicyclic) bond motifs is 1. The van der Waals surface area contributed by atoms with Gasteiger partial charge in [0.1, 0.15) is 23.7 Å². The Hall–Kier alpha value is -2.66. The average molecular weight is 533 g/mol. The van der Waals surface area contributed by atoms with Crippen LogP contribution in [0.4, 0.5) is 10.6 Å². The third-order valence-corrected chi connectivity index (χ3v) is 7.97. The van der Waals surface area contributed by atoms with Gasteiger partial charge in [-0.05, 0) is 46.1 Å². The number of aromatic nitrogens is 3. The average Bonchev–Trinajstić information content (AvgIpc) is 3.14. The molecule has 2 aromatic rings. The van der Waals surface area contributed by atoms with Gasteiger partial charge in [-0.1, -0.05) is 26.6 Å². The number of hydrogen-bond acceptors (Lipinski definition) is 7. The first kappa shape index (κ1) is 28.9. The van der Waals surface area contributed by atoms with Gasteiger partial charge in [0.15, 0.2) is 5.65 Å². The Balaban J connectivity index is 1.73. The van der Waals surface area contributed by atoms with E-state index < -0.39 is 13.7 Å². The first-order chi connectivity index (χ1) is 17.3. The number of rotatable bonds is 9. The van der Waals surface area contributed by atoms with E-state index in [-0.39, 0.29) is 24.0 Å². The van der Waals surface area contributed by atoms with Crippen LogP contribution in [0.1, 0.15) is 51.4 Å². The highest BCUT2D eigenvalue weighted by Crippen LogP contribution is 2.25. The molecule has 0 unspecified atom stereocenters. The van der Waals surface area contributed by atoms with E-state index >= 15 is 0 Å². The smallest absolute Gasteiger partial charge is 0.410 e. The molecule has 11 heteroatoms. The molecule has 1 saturated heterocycles. The summed E-state index contributed by atoms with van der Waals surface area (Å²) in [5.41, 5.74) is 1.13. The number of hydrogen-bond donors (Lipinski definition) is 2. The first-order valence-electron chi connectivity index (χ1n) is 13.2. The fraction of sp³-hybridized carbons (Fsp3) is 0.692. The predicted molar refractivity (Wildman–Crippen MR) is 149 cm³/mol. The number of nitrogens with one attached hydrogen (secondary N) is 2. The number of anilines is 1. The SMILES string of the molecule is CCNC(=O)c1cn(COCC[Si](C)(C)C)c2ncc(N[C@@H]3CCN(C(=O)OC(C)(C)C)C[C@H]3C)nc12. The van der Waals surface area contributed by atoms with E-state index in [2.05, 4.69) is 42.2 Å². The highest BCUT2D eigenvalue weighted by atomic mass is 28.3. The van der Waals surface area contributed by atoms with E-state index in [0.717, 1.165) is 12.5 Å². The molecule has 3 heterocycles. The van der Waals surface area contributed by atoms with Crippen molar-refractivity contribution in [1.29, 1.82) is 0 Å². The monoisotopic (exact) mass is 532 g/mol. The van der Waals surface area contributed by atoms with Gasteiger partial charge in [-0.15, -0.1) is 0 Å². The van der Waals surface area contributed by atoms with Crippen molar-refractivity contribution in [2.24, 2.45) is 5.92 Å². The Bertz CT molecular complexity index is 1090. The summed E-state index contributed by atoms with van der Waals surface area (Å²) in [5, 5.41) is 6.36. The molecule has 10 nitrogen and oxygen atoms in total. The summed E-state index contributed by atoms with van der Waals surface area (Å²) in [4.78, 5) is 36.5. The van der Waals surface area contributed by atoms with Gasteiger partial charge in [0, 0.05) is 46.6 Å². The summed E-state index contributed by atoms with van der Waals surface area (Å²) >= 11 is 0. The molecule has 2 N–H and O–H groups in total. The third kappa shape index (κ3) is 8.16. The molecule has 0 aliphatic carbocycles. The quantitative estimate of drug-likeness (QED) is 0.360. The van der Waals surface area contributed by atoms with Crippen LogP contribution < -0.4 is 10.6 Å². The minimum Gasteiger partial charge on any atom is -0.444 e. The Kier molecular flexibility index (Phi) is 9.22. The summed E-state index contributed by atoms with van der Waals surface area (Å²) in [6, 6.07) is 1.19. The molecule has 0 spiro atoms. The molecule has 206 valence electrons. The third-order valence-electron chi connectivity index (χ3n) is 6.26. The highest BCUT2D eigenvalue weighted by Gasteiger charge is 2.31. The number of nitrogens with zero attached hydrogens (tertiary/aromatic N) is 4. The molecule has 2 atom stereocenters. The molecule has 1 fully saturated rings. The Morgan fingerprint density at radius 1 is 1.24 bits per heavy atom. The summed E-state index contributed by atoms with van der Waals surface area (Å²) in [6.45, 7) is 19.3. The van der Waals surface area contributed by atoms with Crippen LogP contribution in [-0.4, -0.2) is 77.4 Å². The maximum atomic E-state index is 12.8. The zero-order valence-electron chi connectivity index (χ0n) is 23.7. The van der Waals surface area contributed by atoms with Crippen LogP contribution in [-0.2, 0) is 16.2 Å². The van der Waals surface area contributed by atoms with Crippen LogP contribution in [0.3, 0.4) is 0 Å². The molecule has 0 saturated carbocycles. The largest absolute Gasteiger partial charge is 0.444 e. The van der Waals surface area contributed by atoms with Crippen molar-refractivity contribution in [3.8, 4) is 0 Å². The standard InChI is InChI=1S/C26H44N6O4Si/c1-9-27-24(33)19-16-32(17-35-12-13-37(6,7)8)23-22(19)30-21(14-28-23)29-20-10-11-31(15-18(20)2)25(34)36-26(3,4)5/h14,16,18,20H,9-13,15,17H2,1-8H3,(H,27,33)(H,29,30)/t18-,20-/m1/s1. The van der Waals surface area contributed by atoms with Crippen molar-refractivity contribution in [3.05, 3.63) is 18.0 Å². The van der Waals surface area contributed by atoms with Crippen LogP contribution >= 0.6 is 0 Å². The van der Waals surface area contributed by atoms with Crippen LogP contribution in [0.2, 0.25) is 25.7 Å². The van der Waals surface area contributed by atoms with E-state index in [1.807, 2.05) is 32.3 Å². The van der Waals surface area contributed by atoms with Gasteiger partial charge in [0.25, 0.3) is 5.91 Å². The minimum atomic E-state index is -1.19. The van der Waals surface area contributed by atoms with Crippen LogP contribution in [0.25, 0.3) is 11.2 Å². The first-order valence-corrected chi connectivity index (χ1v) is 16.9. The lowest BCUT2D eigenvalue weighted by Gasteiger charge is -2.38. The molecular weight excluding hydrogens is 488 g/mol. The molecule has 3 rings (SSSR count). The van der Waals surface area contributed by atoms with E-state index in [1.54, 1.807) is 17.3 Å². The lowest BCUT2D eigenvalue weighted by atomic mass is 9.94. The second kappa shape index (κ2) is 11.8. The molecule has 37 heavy (non-hydrogen) atoms. The zero-order chi connectivity index (χ0) is 27.4. The molecule has 2 aromatic heterocycles. The maximum Gasteiger partial charge on any atom is 0.410 e. The van der Waals surface area contributed by atoms with Crippen molar-refractivity contribution in [1.82, 2.24) is 24.8 Å². The molecule has 0 radical (unpaired) electrons. The Labute approximate surface area is 221 Å². The van der Waals surface area contributed by atoms with Gasteiger partial charge in [-0.3, -0.25) is 4.79 Å². The van der Waals surface area contributed by atoms with Crippen LogP contribution in [0, 0.1) is 5.92 Å². The lowest BCUT2D eigenvalue weighted by Crippen LogP contribution is -2.49. The fourth-order valence-corrected chi connectivity index (χ4v) is 4.98.